The topological polar surface area (TPSA) is 72.8 Å². The number of carbonyl (C=O) groups excluding carboxylic acids is 2. The van der Waals surface area contributed by atoms with Crippen LogP contribution >= 0.6 is 0 Å². The van der Waals surface area contributed by atoms with Gasteiger partial charge in [0.15, 0.2) is 6.10 Å². The van der Waals surface area contributed by atoms with Crippen LogP contribution in [0.25, 0.3) is 0 Å². The van der Waals surface area contributed by atoms with E-state index in [1.807, 2.05) is 0 Å². The third-order valence-electron chi connectivity index (χ3n) is 17.2. The molecule has 1 unspecified atom stereocenters. The van der Waals surface area contributed by atoms with Crippen LogP contribution in [-0.2, 0) is 19.1 Å². The summed E-state index contributed by atoms with van der Waals surface area (Å²) in [7, 11) is 0. The van der Waals surface area contributed by atoms with Gasteiger partial charge in [0.25, 0.3) is 0 Å². The molecule has 0 aliphatic rings. The summed E-state index contributed by atoms with van der Waals surface area (Å²) >= 11 is 0. The minimum Gasteiger partial charge on any atom is -0.462 e. The van der Waals surface area contributed by atoms with Crippen molar-refractivity contribution < 1.29 is 24.2 Å². The van der Waals surface area contributed by atoms with Crippen LogP contribution in [0.2, 0.25) is 0 Å². The summed E-state index contributed by atoms with van der Waals surface area (Å²) in [5, 5.41) is 9.70. The molecule has 0 aromatic rings. The lowest BCUT2D eigenvalue weighted by molar-refractivity contribution is -0.161. The van der Waals surface area contributed by atoms with Gasteiger partial charge in [0.1, 0.15) is 6.61 Å². The molecular weight excluding hydrogens is 981 g/mol. The molecule has 0 aliphatic carbocycles. The van der Waals surface area contributed by atoms with E-state index in [1.165, 1.54) is 360 Å². The van der Waals surface area contributed by atoms with Crippen LogP contribution in [0, 0.1) is 0 Å². The Balaban J connectivity index is 3.35. The van der Waals surface area contributed by atoms with E-state index in [0.717, 1.165) is 38.5 Å². The van der Waals surface area contributed by atoms with Crippen LogP contribution in [-0.4, -0.2) is 36.4 Å². The van der Waals surface area contributed by atoms with Crippen molar-refractivity contribution in [3.63, 3.8) is 0 Å². The summed E-state index contributed by atoms with van der Waals surface area (Å²) in [4.78, 5) is 24.6. The molecule has 5 heteroatoms. The van der Waals surface area contributed by atoms with Crippen LogP contribution in [0.15, 0.2) is 24.3 Å². The molecule has 0 radical (unpaired) electrons. The van der Waals surface area contributed by atoms with Crippen molar-refractivity contribution in [1.29, 1.82) is 0 Å². The Hall–Kier alpha value is -1.62. The number of hydrogen-bond acceptors (Lipinski definition) is 5. The van der Waals surface area contributed by atoms with Gasteiger partial charge in [0.05, 0.1) is 6.61 Å². The highest BCUT2D eigenvalue weighted by molar-refractivity contribution is 5.70. The zero-order chi connectivity index (χ0) is 57.6. The second-order valence-electron chi connectivity index (χ2n) is 25.4. The summed E-state index contributed by atoms with van der Waals surface area (Å²) in [6, 6.07) is 0. The fourth-order valence-corrected chi connectivity index (χ4v) is 11.7. The lowest BCUT2D eigenvalue weighted by Gasteiger charge is -2.15. The Morgan fingerprint density at radius 1 is 0.275 bits per heavy atom. The SMILES string of the molecule is CCCCCCCCCC/C=C\CCCCCCCCCCCCCCCCCCCCCCCCCCCCCCCC(=O)OC(CO)COC(=O)CCCCCCCCCCCCCCC/C=C\CCCCCCCCCC. The van der Waals surface area contributed by atoms with Crippen molar-refractivity contribution >= 4 is 11.9 Å². The zero-order valence-corrected chi connectivity index (χ0v) is 54.6. The molecule has 0 heterocycles. The molecular formula is C75H144O5. The van der Waals surface area contributed by atoms with E-state index in [4.69, 9.17) is 9.47 Å². The Morgan fingerprint density at radius 3 is 0.675 bits per heavy atom. The highest BCUT2D eigenvalue weighted by atomic mass is 16.6. The fraction of sp³-hybridized carbons (Fsp3) is 0.920. The summed E-state index contributed by atoms with van der Waals surface area (Å²) < 4.78 is 10.8. The molecule has 0 aromatic carbocycles. The van der Waals surface area contributed by atoms with Crippen molar-refractivity contribution in [3.05, 3.63) is 24.3 Å². The molecule has 0 bridgehead atoms. The van der Waals surface area contributed by atoms with E-state index in [1.54, 1.807) is 0 Å². The van der Waals surface area contributed by atoms with E-state index in [-0.39, 0.29) is 25.2 Å². The minimum atomic E-state index is -0.769. The fourth-order valence-electron chi connectivity index (χ4n) is 11.7. The van der Waals surface area contributed by atoms with Crippen molar-refractivity contribution in [2.45, 2.75) is 431 Å². The summed E-state index contributed by atoms with van der Waals surface area (Å²) in [6.45, 7) is 4.21. The van der Waals surface area contributed by atoms with Gasteiger partial charge in [-0.25, -0.2) is 0 Å². The molecule has 0 saturated carbocycles. The van der Waals surface area contributed by atoms with Crippen LogP contribution in [0.3, 0.4) is 0 Å². The molecule has 0 aliphatic heterocycles. The molecule has 474 valence electrons. The molecule has 1 N–H and O–H groups in total. The molecule has 0 amide bonds. The van der Waals surface area contributed by atoms with E-state index >= 15 is 0 Å². The third-order valence-corrected chi connectivity index (χ3v) is 17.2. The van der Waals surface area contributed by atoms with Crippen molar-refractivity contribution in [1.82, 2.24) is 0 Å². The second kappa shape index (κ2) is 71.6. The van der Waals surface area contributed by atoms with Crippen molar-refractivity contribution in [3.8, 4) is 0 Å². The van der Waals surface area contributed by atoms with Crippen LogP contribution < -0.4 is 0 Å². The maximum Gasteiger partial charge on any atom is 0.306 e. The standard InChI is InChI=1S/C75H144O5/c1-3-5-7-9-11-13-15-17-19-21-23-25-27-29-30-31-32-33-34-35-36-37-38-39-40-41-42-43-44-46-48-50-52-54-56-58-60-62-64-66-68-70-75(78)80-73(71-76)72-79-74(77)69-67-65-63-61-59-57-55-53-51-49-47-45-28-26-24-22-20-18-16-14-12-10-8-6-4-2/h21-24,73,76H,3-20,25-72H2,1-2H3/b23-21-,24-22-. The summed E-state index contributed by atoms with van der Waals surface area (Å²) in [5.41, 5.74) is 0. The van der Waals surface area contributed by atoms with Gasteiger partial charge in [0, 0.05) is 12.8 Å². The molecule has 0 aromatic heterocycles. The smallest absolute Gasteiger partial charge is 0.306 e. The molecule has 80 heavy (non-hydrogen) atoms. The summed E-state index contributed by atoms with van der Waals surface area (Å²) in [5.74, 6) is -0.564. The Morgan fingerprint density at radius 2 is 0.463 bits per heavy atom. The zero-order valence-electron chi connectivity index (χ0n) is 54.6. The maximum atomic E-state index is 12.4. The van der Waals surface area contributed by atoms with Gasteiger partial charge >= 0.3 is 11.9 Å². The molecule has 0 rings (SSSR count). The van der Waals surface area contributed by atoms with Gasteiger partial charge < -0.3 is 14.6 Å². The number of rotatable bonds is 70. The lowest BCUT2D eigenvalue weighted by Crippen LogP contribution is -2.28. The van der Waals surface area contributed by atoms with Gasteiger partial charge in [0.2, 0.25) is 0 Å². The Kier molecular flexibility index (Phi) is 70.2. The molecule has 0 saturated heterocycles. The van der Waals surface area contributed by atoms with E-state index in [0.29, 0.717) is 12.8 Å². The van der Waals surface area contributed by atoms with Crippen molar-refractivity contribution in [2.24, 2.45) is 0 Å². The number of aliphatic hydroxyl groups excluding tert-OH is 1. The van der Waals surface area contributed by atoms with Gasteiger partial charge in [-0.2, -0.15) is 0 Å². The predicted molar refractivity (Wildman–Crippen MR) is 353 cm³/mol. The van der Waals surface area contributed by atoms with Crippen LogP contribution in [0.1, 0.15) is 425 Å². The first-order chi connectivity index (χ1) is 39.6. The van der Waals surface area contributed by atoms with E-state index in [2.05, 4.69) is 38.2 Å². The highest BCUT2D eigenvalue weighted by Crippen LogP contribution is 2.19. The first kappa shape index (κ1) is 78.4. The third kappa shape index (κ3) is 68.9. The first-order valence-electron chi connectivity index (χ1n) is 36.9. The Labute approximate surface area is 502 Å². The molecule has 0 fully saturated rings. The number of allylic oxidation sites excluding steroid dienone is 4. The number of hydrogen-bond donors (Lipinski definition) is 1. The van der Waals surface area contributed by atoms with E-state index in [9.17, 15) is 14.7 Å². The van der Waals surface area contributed by atoms with Crippen LogP contribution in [0.4, 0.5) is 0 Å². The molecule has 5 nitrogen and oxygen atoms in total. The van der Waals surface area contributed by atoms with Gasteiger partial charge in [-0.05, 0) is 64.2 Å². The first-order valence-corrected chi connectivity index (χ1v) is 36.9. The number of esters is 2. The normalized spacial score (nSPS) is 12.2. The Bertz CT molecular complexity index is 1230. The molecule has 1 atom stereocenters. The number of unbranched alkanes of at least 4 members (excludes halogenated alkanes) is 58. The van der Waals surface area contributed by atoms with Gasteiger partial charge in [-0.1, -0.05) is 372 Å². The minimum absolute atomic E-state index is 0.0587. The number of carbonyl (C=O) groups is 2. The largest absolute Gasteiger partial charge is 0.462 e. The maximum absolute atomic E-state index is 12.4. The van der Waals surface area contributed by atoms with Gasteiger partial charge in [-0.15, -0.1) is 0 Å². The van der Waals surface area contributed by atoms with E-state index < -0.39 is 6.10 Å². The second-order valence-corrected chi connectivity index (χ2v) is 25.4. The lowest BCUT2D eigenvalue weighted by atomic mass is 10.0. The number of aliphatic hydroxyl groups is 1. The quantitative estimate of drug-likeness (QED) is 0.0373. The molecule has 0 spiro atoms. The monoisotopic (exact) mass is 1130 g/mol. The number of ether oxygens (including phenoxy) is 2. The van der Waals surface area contributed by atoms with Crippen LogP contribution in [0.5, 0.6) is 0 Å². The highest BCUT2D eigenvalue weighted by Gasteiger charge is 2.16. The predicted octanol–water partition coefficient (Wildman–Crippen LogP) is 25.6. The van der Waals surface area contributed by atoms with Gasteiger partial charge in [-0.3, -0.25) is 9.59 Å². The average molecular weight is 1130 g/mol. The van der Waals surface area contributed by atoms with Crippen molar-refractivity contribution in [2.75, 3.05) is 13.2 Å². The summed E-state index contributed by atoms with van der Waals surface area (Å²) in [6.07, 6.45) is 93.9. The average Bonchev–Trinajstić information content (AvgIpc) is 3.46.